The average Bonchev–Trinajstić information content (AvgIpc) is 2.64. The zero-order valence-corrected chi connectivity index (χ0v) is 13.5. The summed E-state index contributed by atoms with van der Waals surface area (Å²) < 4.78 is 95.6. The molecular formula is C18H8F7S+. The smallest absolute Gasteiger partial charge is 0.207 e. The molecule has 0 aliphatic heterocycles. The van der Waals surface area contributed by atoms with Crippen molar-refractivity contribution < 1.29 is 30.7 Å². The second-order valence-electron chi connectivity index (χ2n) is 5.11. The fraction of sp³-hybridized carbons (Fsp3) is 0. The van der Waals surface area contributed by atoms with Crippen molar-refractivity contribution in [2.75, 3.05) is 0 Å². The Morgan fingerprint density at radius 1 is 0.423 bits per heavy atom. The van der Waals surface area contributed by atoms with Gasteiger partial charge in [-0.25, -0.2) is 22.0 Å². The molecule has 8 heteroatoms. The van der Waals surface area contributed by atoms with Crippen molar-refractivity contribution in [2.24, 2.45) is 0 Å². The third-order valence-electron chi connectivity index (χ3n) is 3.47. The highest BCUT2D eigenvalue weighted by molar-refractivity contribution is 7.97. The molecule has 3 rings (SSSR count). The molecule has 0 aromatic heterocycles. The lowest BCUT2D eigenvalue weighted by molar-refractivity contribution is 0.360. The van der Waals surface area contributed by atoms with Crippen LogP contribution in [-0.2, 0) is 10.9 Å². The summed E-state index contributed by atoms with van der Waals surface area (Å²) in [5.41, 5.74) is 0. The molecule has 0 saturated heterocycles. The van der Waals surface area contributed by atoms with Crippen LogP contribution in [0.3, 0.4) is 0 Å². The van der Waals surface area contributed by atoms with Crippen molar-refractivity contribution in [1.82, 2.24) is 0 Å². The van der Waals surface area contributed by atoms with Crippen molar-refractivity contribution in [3.8, 4) is 0 Å². The lowest BCUT2D eigenvalue weighted by atomic mass is 10.3. The highest BCUT2D eigenvalue weighted by Crippen LogP contribution is 2.37. The second kappa shape index (κ2) is 7.03. The van der Waals surface area contributed by atoms with Gasteiger partial charge in [-0.2, -0.15) is 8.78 Å². The van der Waals surface area contributed by atoms with E-state index in [-0.39, 0.29) is 9.79 Å². The van der Waals surface area contributed by atoms with Gasteiger partial charge >= 0.3 is 0 Å². The molecule has 0 bridgehead atoms. The zero-order valence-electron chi connectivity index (χ0n) is 12.7. The van der Waals surface area contributed by atoms with Gasteiger partial charge in [-0.15, -0.1) is 0 Å². The van der Waals surface area contributed by atoms with E-state index in [1.165, 1.54) is 24.3 Å². The van der Waals surface area contributed by atoms with Gasteiger partial charge in [0.15, 0.2) is 9.79 Å². The van der Waals surface area contributed by atoms with Crippen LogP contribution in [0.5, 0.6) is 0 Å². The number of benzene rings is 3. The molecule has 0 spiro atoms. The van der Waals surface area contributed by atoms with E-state index in [1.54, 1.807) is 0 Å². The normalized spacial score (nSPS) is 11.2. The Labute approximate surface area is 146 Å². The Hall–Kier alpha value is -2.48. The monoisotopic (exact) mass is 389 g/mol. The Bertz CT molecular complexity index is 878. The largest absolute Gasteiger partial charge is 0.243 e. The van der Waals surface area contributed by atoms with Crippen LogP contribution >= 0.6 is 0 Å². The molecule has 3 aromatic rings. The first-order valence-corrected chi connectivity index (χ1v) is 8.30. The van der Waals surface area contributed by atoms with Gasteiger partial charge in [0.05, 0.1) is 0 Å². The molecular weight excluding hydrogens is 381 g/mol. The first kappa shape index (κ1) is 18.3. The molecule has 0 aliphatic carbocycles. The fourth-order valence-corrected chi connectivity index (χ4v) is 4.37. The Balaban J connectivity index is 2.32. The molecule has 3 aromatic carbocycles. The number of hydrogen-bond acceptors (Lipinski definition) is 0. The zero-order chi connectivity index (χ0) is 19.0. The van der Waals surface area contributed by atoms with E-state index < -0.39 is 56.5 Å². The molecule has 26 heavy (non-hydrogen) atoms. The van der Waals surface area contributed by atoms with Crippen LogP contribution in [0.25, 0.3) is 0 Å². The van der Waals surface area contributed by atoms with Crippen LogP contribution in [0.2, 0.25) is 0 Å². The first-order valence-electron chi connectivity index (χ1n) is 7.08. The SMILES string of the molecule is Fc1ccc([S+](c2ccc(F)cc2)c2c(F)c(F)c(F)c(F)c2F)cc1. The summed E-state index contributed by atoms with van der Waals surface area (Å²) in [6.45, 7) is 0. The van der Waals surface area contributed by atoms with E-state index in [4.69, 9.17) is 0 Å². The predicted molar refractivity (Wildman–Crippen MR) is 81.2 cm³/mol. The molecule has 0 amide bonds. The number of halogens is 7. The maximum absolute atomic E-state index is 14.3. The van der Waals surface area contributed by atoms with Crippen molar-refractivity contribution >= 4 is 10.9 Å². The summed E-state index contributed by atoms with van der Waals surface area (Å²) in [6, 6.07) is 8.63. The maximum atomic E-state index is 14.3. The van der Waals surface area contributed by atoms with Crippen molar-refractivity contribution in [2.45, 2.75) is 14.7 Å². The van der Waals surface area contributed by atoms with Crippen molar-refractivity contribution in [1.29, 1.82) is 0 Å². The van der Waals surface area contributed by atoms with Crippen LogP contribution in [0.15, 0.2) is 63.2 Å². The van der Waals surface area contributed by atoms with Gasteiger partial charge in [0.1, 0.15) is 22.5 Å². The molecule has 0 N–H and O–H groups in total. The third-order valence-corrected chi connectivity index (χ3v) is 5.73. The summed E-state index contributed by atoms with van der Waals surface area (Å²) in [5.74, 6) is -11.7. The van der Waals surface area contributed by atoms with Gasteiger partial charge in [0.2, 0.25) is 34.0 Å². The van der Waals surface area contributed by atoms with Gasteiger partial charge in [-0.05, 0) is 48.5 Å². The van der Waals surface area contributed by atoms with Gasteiger partial charge in [-0.1, -0.05) is 0 Å². The summed E-state index contributed by atoms with van der Waals surface area (Å²) >= 11 is 0. The quantitative estimate of drug-likeness (QED) is 0.231. The number of rotatable bonds is 3. The summed E-state index contributed by atoms with van der Waals surface area (Å²) in [4.78, 5) is -0.873. The predicted octanol–water partition coefficient (Wildman–Crippen LogP) is 5.76. The van der Waals surface area contributed by atoms with Gasteiger partial charge < -0.3 is 0 Å². The van der Waals surface area contributed by atoms with Gasteiger partial charge in [0.25, 0.3) is 0 Å². The average molecular weight is 389 g/mol. The first-order chi connectivity index (χ1) is 12.3. The van der Waals surface area contributed by atoms with Crippen LogP contribution in [0.1, 0.15) is 0 Å². The molecule has 0 heterocycles. The maximum Gasteiger partial charge on any atom is 0.243 e. The molecule has 0 atom stereocenters. The van der Waals surface area contributed by atoms with Crippen LogP contribution in [-0.4, -0.2) is 0 Å². The Kier molecular flexibility index (Phi) is 4.95. The molecule has 0 fully saturated rings. The lowest BCUT2D eigenvalue weighted by Gasteiger charge is -2.11. The van der Waals surface area contributed by atoms with E-state index in [1.807, 2.05) is 0 Å². The minimum Gasteiger partial charge on any atom is -0.207 e. The van der Waals surface area contributed by atoms with Crippen LogP contribution in [0, 0.1) is 40.7 Å². The molecule has 134 valence electrons. The van der Waals surface area contributed by atoms with Crippen molar-refractivity contribution in [3.63, 3.8) is 0 Å². The van der Waals surface area contributed by atoms with E-state index in [9.17, 15) is 30.7 Å². The highest BCUT2D eigenvalue weighted by atomic mass is 32.2. The van der Waals surface area contributed by atoms with Gasteiger partial charge in [0, 0.05) is 0 Å². The molecule has 0 saturated carbocycles. The standard InChI is InChI=1S/C18H8F7S/c19-9-1-5-11(6-2-9)26(12-7-3-10(20)4-8-12)18-16(24)14(22)13(21)15(23)17(18)25/h1-8H/q+1. The molecule has 0 unspecified atom stereocenters. The minimum absolute atomic E-state index is 0.0983. The lowest BCUT2D eigenvalue weighted by Crippen LogP contribution is -2.14. The Morgan fingerprint density at radius 2 is 0.731 bits per heavy atom. The van der Waals surface area contributed by atoms with Crippen LogP contribution in [0.4, 0.5) is 30.7 Å². The summed E-state index contributed by atoms with van der Waals surface area (Å²) in [6.07, 6.45) is 0. The minimum atomic E-state index is -2.27. The van der Waals surface area contributed by atoms with E-state index in [2.05, 4.69) is 0 Å². The molecule has 0 radical (unpaired) electrons. The topological polar surface area (TPSA) is 0 Å². The van der Waals surface area contributed by atoms with Crippen molar-refractivity contribution in [3.05, 3.63) is 89.3 Å². The highest BCUT2D eigenvalue weighted by Gasteiger charge is 2.40. The second-order valence-corrected chi connectivity index (χ2v) is 7.08. The fourth-order valence-electron chi connectivity index (χ4n) is 2.28. The van der Waals surface area contributed by atoms with Gasteiger partial charge in [-0.3, -0.25) is 0 Å². The van der Waals surface area contributed by atoms with E-state index in [0.717, 1.165) is 24.3 Å². The summed E-state index contributed by atoms with van der Waals surface area (Å²) in [7, 11) is -1.81. The molecule has 0 nitrogen and oxygen atoms in total. The van der Waals surface area contributed by atoms with E-state index >= 15 is 0 Å². The van der Waals surface area contributed by atoms with Crippen LogP contribution < -0.4 is 0 Å². The summed E-state index contributed by atoms with van der Waals surface area (Å²) in [5, 5.41) is 0. The number of hydrogen-bond donors (Lipinski definition) is 0. The van der Waals surface area contributed by atoms with E-state index in [0.29, 0.717) is 0 Å². The Morgan fingerprint density at radius 3 is 1.08 bits per heavy atom. The third kappa shape index (κ3) is 3.16. The molecule has 0 aliphatic rings.